The molecule has 0 spiro atoms. The number of benzene rings is 1. The van der Waals surface area contributed by atoms with Crippen LogP contribution in [0.25, 0.3) is 11.4 Å². The van der Waals surface area contributed by atoms with E-state index in [1.165, 1.54) is 11.1 Å². The molecular weight excluding hydrogens is 420 g/mol. The first kappa shape index (κ1) is 20.9. The highest BCUT2D eigenvalue weighted by atomic mass is 32.1. The van der Waals surface area contributed by atoms with Crippen molar-refractivity contribution in [3.05, 3.63) is 59.0 Å². The Kier molecular flexibility index (Phi) is 5.80. The molecule has 32 heavy (non-hydrogen) atoms. The Morgan fingerprint density at radius 1 is 1.12 bits per heavy atom. The maximum Gasteiger partial charge on any atom is 0.197 e. The van der Waals surface area contributed by atoms with Crippen LogP contribution in [-0.2, 0) is 10.3 Å². The van der Waals surface area contributed by atoms with Crippen molar-refractivity contribution < 1.29 is 4.74 Å². The molecule has 1 unspecified atom stereocenters. The number of nitrogens with zero attached hydrogens (tertiary/aromatic N) is 4. The summed E-state index contributed by atoms with van der Waals surface area (Å²) >= 11 is 1.56. The highest BCUT2D eigenvalue weighted by Gasteiger charge is 2.34. The Morgan fingerprint density at radius 2 is 2.00 bits per heavy atom. The fourth-order valence-electron chi connectivity index (χ4n) is 4.05. The summed E-state index contributed by atoms with van der Waals surface area (Å²) in [5.41, 5.74) is 3.81. The molecule has 0 saturated carbocycles. The average Bonchev–Trinajstić information content (AvgIpc) is 3.29. The monoisotopic (exact) mass is 448 g/mol. The summed E-state index contributed by atoms with van der Waals surface area (Å²) in [6.07, 6.45) is 1.06. The second-order valence-electron chi connectivity index (χ2n) is 8.42. The first-order valence-corrected chi connectivity index (χ1v) is 11.9. The van der Waals surface area contributed by atoms with Gasteiger partial charge in [0.15, 0.2) is 11.1 Å². The SMILES string of the molecule is Cc1ccc(C2(C)CN(c3cccc(-c4csc(NC5=NCCCN5)n4)n3)CCO2)cc1. The highest BCUT2D eigenvalue weighted by molar-refractivity contribution is 7.14. The maximum absolute atomic E-state index is 6.23. The van der Waals surface area contributed by atoms with Crippen LogP contribution in [0.4, 0.5) is 10.9 Å². The number of hydrogen-bond donors (Lipinski definition) is 2. The van der Waals surface area contributed by atoms with Crippen LogP contribution in [0.3, 0.4) is 0 Å². The number of ether oxygens (including phenoxy) is 1. The quantitative estimate of drug-likeness (QED) is 0.628. The van der Waals surface area contributed by atoms with Gasteiger partial charge in [-0.05, 0) is 38.0 Å². The van der Waals surface area contributed by atoms with Gasteiger partial charge < -0.3 is 20.3 Å². The van der Waals surface area contributed by atoms with E-state index in [0.717, 1.165) is 60.9 Å². The molecule has 1 fully saturated rings. The van der Waals surface area contributed by atoms with Crippen LogP contribution >= 0.6 is 11.3 Å². The van der Waals surface area contributed by atoms with Gasteiger partial charge in [-0.25, -0.2) is 9.97 Å². The van der Waals surface area contributed by atoms with Gasteiger partial charge in [-0.15, -0.1) is 11.3 Å². The number of pyridine rings is 1. The molecule has 1 aromatic carbocycles. The normalized spacial score (nSPS) is 21.1. The molecule has 2 N–H and O–H groups in total. The van der Waals surface area contributed by atoms with Crippen LogP contribution in [0, 0.1) is 6.92 Å². The summed E-state index contributed by atoms with van der Waals surface area (Å²) in [6, 6.07) is 14.7. The number of rotatable bonds is 4. The van der Waals surface area contributed by atoms with Crippen molar-refractivity contribution in [1.82, 2.24) is 15.3 Å². The van der Waals surface area contributed by atoms with E-state index in [0.29, 0.717) is 6.61 Å². The predicted molar refractivity (Wildman–Crippen MR) is 131 cm³/mol. The zero-order valence-corrected chi connectivity index (χ0v) is 19.3. The van der Waals surface area contributed by atoms with Crippen LogP contribution in [0.5, 0.6) is 0 Å². The Bertz CT molecular complexity index is 1110. The summed E-state index contributed by atoms with van der Waals surface area (Å²) < 4.78 is 6.23. The Balaban J connectivity index is 1.34. The lowest BCUT2D eigenvalue weighted by Crippen LogP contribution is -2.48. The van der Waals surface area contributed by atoms with Crippen LogP contribution in [0.1, 0.15) is 24.5 Å². The van der Waals surface area contributed by atoms with Crippen molar-refractivity contribution in [2.45, 2.75) is 25.9 Å². The molecule has 5 rings (SSSR count). The molecule has 0 aliphatic carbocycles. The number of aromatic nitrogens is 2. The van der Waals surface area contributed by atoms with Crippen LogP contribution < -0.4 is 15.5 Å². The predicted octanol–water partition coefficient (Wildman–Crippen LogP) is 4.03. The van der Waals surface area contributed by atoms with Crippen molar-refractivity contribution in [2.24, 2.45) is 4.99 Å². The summed E-state index contributed by atoms with van der Waals surface area (Å²) in [5, 5.41) is 9.39. The molecule has 1 atom stereocenters. The second kappa shape index (κ2) is 8.88. The van der Waals surface area contributed by atoms with Gasteiger partial charge in [0.1, 0.15) is 17.1 Å². The van der Waals surface area contributed by atoms with Crippen molar-refractivity contribution >= 4 is 28.2 Å². The largest absolute Gasteiger partial charge is 0.367 e. The van der Waals surface area contributed by atoms with E-state index in [9.17, 15) is 0 Å². The van der Waals surface area contributed by atoms with Gasteiger partial charge in [-0.1, -0.05) is 35.9 Å². The molecule has 2 aromatic heterocycles. The van der Waals surface area contributed by atoms with E-state index in [1.807, 2.05) is 11.4 Å². The smallest absolute Gasteiger partial charge is 0.197 e. The zero-order valence-electron chi connectivity index (χ0n) is 18.5. The minimum Gasteiger partial charge on any atom is -0.367 e. The number of nitrogens with one attached hydrogen (secondary N) is 2. The zero-order chi connectivity index (χ0) is 22.0. The Labute approximate surface area is 192 Å². The third-order valence-corrected chi connectivity index (χ3v) is 6.64. The lowest BCUT2D eigenvalue weighted by molar-refractivity contribution is -0.0468. The topological polar surface area (TPSA) is 74.7 Å². The fourth-order valence-corrected chi connectivity index (χ4v) is 4.76. The number of aryl methyl sites for hydroxylation is 1. The van der Waals surface area contributed by atoms with Crippen LogP contribution in [0.2, 0.25) is 0 Å². The molecule has 166 valence electrons. The molecule has 8 heteroatoms. The lowest BCUT2D eigenvalue weighted by atomic mass is 9.93. The lowest BCUT2D eigenvalue weighted by Gasteiger charge is -2.41. The average molecular weight is 449 g/mol. The first-order valence-electron chi connectivity index (χ1n) is 11.0. The van der Waals surface area contributed by atoms with Gasteiger partial charge in [0.25, 0.3) is 0 Å². The van der Waals surface area contributed by atoms with E-state index in [-0.39, 0.29) is 5.60 Å². The summed E-state index contributed by atoms with van der Waals surface area (Å²) in [4.78, 5) is 16.4. The van der Waals surface area contributed by atoms with Gasteiger partial charge >= 0.3 is 0 Å². The summed E-state index contributed by atoms with van der Waals surface area (Å²) in [5.74, 6) is 1.74. The number of aliphatic imine (C=N–C) groups is 1. The molecule has 3 aromatic rings. The van der Waals surface area contributed by atoms with Gasteiger partial charge in [0.05, 0.1) is 18.8 Å². The first-order chi connectivity index (χ1) is 15.6. The Morgan fingerprint density at radius 3 is 2.81 bits per heavy atom. The summed E-state index contributed by atoms with van der Waals surface area (Å²) in [7, 11) is 0. The van der Waals surface area contributed by atoms with Crippen LogP contribution in [-0.4, -0.2) is 48.7 Å². The molecule has 7 nitrogen and oxygen atoms in total. The minimum absolute atomic E-state index is 0.366. The molecule has 2 aliphatic rings. The third-order valence-electron chi connectivity index (χ3n) is 5.88. The van der Waals surface area contributed by atoms with Gasteiger partial charge in [0, 0.05) is 25.0 Å². The molecule has 0 amide bonds. The van der Waals surface area contributed by atoms with Gasteiger partial charge in [-0.3, -0.25) is 4.99 Å². The molecule has 0 bridgehead atoms. The van der Waals surface area contributed by atoms with Crippen molar-refractivity contribution in [2.75, 3.05) is 43.0 Å². The van der Waals surface area contributed by atoms with E-state index in [2.05, 4.69) is 70.8 Å². The van der Waals surface area contributed by atoms with E-state index in [1.54, 1.807) is 11.3 Å². The number of morpholine rings is 1. The van der Waals surface area contributed by atoms with Crippen molar-refractivity contribution in [3.63, 3.8) is 0 Å². The second-order valence-corrected chi connectivity index (χ2v) is 9.28. The van der Waals surface area contributed by atoms with Crippen molar-refractivity contribution in [3.8, 4) is 11.4 Å². The molecule has 0 radical (unpaired) electrons. The Hall–Kier alpha value is -2.97. The highest BCUT2D eigenvalue weighted by Crippen LogP contribution is 2.32. The molecule has 1 saturated heterocycles. The van der Waals surface area contributed by atoms with E-state index < -0.39 is 0 Å². The molecule has 4 heterocycles. The van der Waals surface area contributed by atoms with E-state index in [4.69, 9.17) is 14.7 Å². The molecule has 2 aliphatic heterocycles. The number of guanidine groups is 1. The van der Waals surface area contributed by atoms with Crippen LogP contribution in [0.15, 0.2) is 52.8 Å². The molecular formula is C24H28N6OS. The van der Waals surface area contributed by atoms with Gasteiger partial charge in [-0.2, -0.15) is 0 Å². The third kappa shape index (κ3) is 4.47. The number of thiazole rings is 1. The van der Waals surface area contributed by atoms with Gasteiger partial charge in [0.2, 0.25) is 0 Å². The fraction of sp³-hybridized carbons (Fsp3) is 0.375. The number of anilines is 2. The van der Waals surface area contributed by atoms with Crippen molar-refractivity contribution in [1.29, 1.82) is 0 Å². The number of hydrogen-bond acceptors (Lipinski definition) is 8. The summed E-state index contributed by atoms with van der Waals surface area (Å²) in [6.45, 7) is 8.28. The minimum atomic E-state index is -0.366. The standard InChI is InChI=1S/C24H28N6OS/c1-17-7-9-18(10-8-17)24(2)16-30(13-14-31-24)21-6-3-5-19(27-21)20-15-32-23(28-20)29-22-25-11-4-12-26-22/h3,5-10,15H,4,11-14,16H2,1-2H3,(H2,25,26,28,29). The van der Waals surface area contributed by atoms with E-state index >= 15 is 0 Å². The maximum atomic E-state index is 6.23.